The van der Waals surface area contributed by atoms with E-state index in [0.717, 1.165) is 54.7 Å². The summed E-state index contributed by atoms with van der Waals surface area (Å²) in [6.07, 6.45) is 0. The lowest BCUT2D eigenvalue weighted by molar-refractivity contribution is -0.0499. The van der Waals surface area contributed by atoms with E-state index in [1.165, 1.54) is 21.9 Å². The van der Waals surface area contributed by atoms with Crippen LogP contribution in [0.15, 0.2) is 71.2 Å². The molecule has 53 heavy (non-hydrogen) atoms. The average molecular weight is 800 g/mol. The number of benzene rings is 5. The van der Waals surface area contributed by atoms with Gasteiger partial charge in [-0.05, 0) is 103 Å². The van der Waals surface area contributed by atoms with Gasteiger partial charge in [-0.15, -0.1) is 0 Å². The van der Waals surface area contributed by atoms with Crippen molar-refractivity contribution in [3.63, 3.8) is 0 Å². The number of rotatable bonds is 2. The minimum absolute atomic E-state index is 0.0338. The van der Waals surface area contributed by atoms with E-state index in [1.807, 2.05) is 22.6 Å². The Hall–Kier alpha value is -4.28. The van der Waals surface area contributed by atoms with Crippen LogP contribution in [0.2, 0.25) is 0 Å². The number of halogens is 4. The second-order valence-corrected chi connectivity index (χ2v) is 20.0. The van der Waals surface area contributed by atoms with Crippen molar-refractivity contribution in [2.24, 2.45) is 0 Å². The third-order valence-electron chi connectivity index (χ3n) is 11.1. The van der Waals surface area contributed by atoms with Crippen LogP contribution in [-0.2, 0) is 26.4 Å². The summed E-state index contributed by atoms with van der Waals surface area (Å²) in [7, 11) is -5.98. The molecule has 0 amide bonds. The summed E-state index contributed by atoms with van der Waals surface area (Å²) in [6, 6.07) is 23.2. The molecule has 5 nitrogen and oxygen atoms in total. The van der Waals surface area contributed by atoms with Gasteiger partial charge >= 0.3 is 15.6 Å². The van der Waals surface area contributed by atoms with Gasteiger partial charge in [-0.3, -0.25) is 0 Å². The summed E-state index contributed by atoms with van der Waals surface area (Å²) < 4.78 is 76.2. The lowest BCUT2D eigenvalue weighted by Crippen LogP contribution is -2.28. The maximum atomic E-state index is 13.8. The Bertz CT molecular complexity index is 3150. The Morgan fingerprint density at radius 3 is 1.49 bits per heavy atom. The zero-order valence-electron chi connectivity index (χ0n) is 30.9. The Labute approximate surface area is 313 Å². The van der Waals surface area contributed by atoms with Crippen LogP contribution in [-0.4, -0.2) is 22.7 Å². The van der Waals surface area contributed by atoms with Gasteiger partial charge in [-0.2, -0.15) is 21.6 Å². The summed E-state index contributed by atoms with van der Waals surface area (Å²) in [4.78, 5) is 0. The molecule has 0 radical (unpaired) electrons. The highest BCUT2D eigenvalue weighted by atomic mass is 79.9. The number of hydrogen-bond donors (Lipinski definition) is 0. The van der Waals surface area contributed by atoms with Gasteiger partial charge in [0.05, 0.1) is 43.0 Å². The summed E-state index contributed by atoms with van der Waals surface area (Å²) in [6.45, 7) is 19.5. The lowest BCUT2D eigenvalue weighted by atomic mass is 9.84. The third-order valence-corrected chi connectivity index (χ3v) is 12.6. The summed E-state index contributed by atoms with van der Waals surface area (Å²) in [5.41, 5.74) is 2.75. The molecule has 0 atom stereocenters. The second kappa shape index (κ2) is 10.3. The molecule has 0 fully saturated rings. The van der Waals surface area contributed by atoms with Crippen molar-refractivity contribution in [3.8, 4) is 5.75 Å². The first kappa shape index (κ1) is 34.5. The number of fused-ring (bicyclic) bond motifs is 13. The van der Waals surface area contributed by atoms with Crippen LogP contribution in [0.5, 0.6) is 5.75 Å². The molecule has 0 aliphatic rings. The normalized spacial score (nSPS) is 14.3. The van der Waals surface area contributed by atoms with Gasteiger partial charge in [-0.1, -0.05) is 74.4 Å². The highest BCUT2D eigenvalue weighted by molar-refractivity contribution is 9.10. The zero-order valence-corrected chi connectivity index (χ0v) is 33.3. The lowest BCUT2D eigenvalue weighted by Gasteiger charge is -2.20. The molecule has 10 heteroatoms. The SMILES string of the molecule is CC(C)(C)c1ccc2c(c1)c1cc(C(C)(C)C)cc3c4c5c6cc(Br)c(OS(=O)(=O)C(F)(F)F)c7c8cc(C(C)(C)C)ccc8n(c5ccc4n2c13)c67. The van der Waals surface area contributed by atoms with Crippen LogP contribution >= 0.6 is 15.9 Å². The molecule has 0 aliphatic carbocycles. The van der Waals surface area contributed by atoms with Crippen molar-refractivity contribution in [1.29, 1.82) is 0 Å². The maximum absolute atomic E-state index is 13.8. The van der Waals surface area contributed by atoms with E-state index < -0.39 is 15.6 Å². The highest BCUT2D eigenvalue weighted by Crippen LogP contribution is 2.52. The molecule has 4 aromatic heterocycles. The van der Waals surface area contributed by atoms with Crippen molar-refractivity contribution < 1.29 is 25.8 Å². The molecule has 0 spiro atoms. The number of hydrogen-bond acceptors (Lipinski definition) is 3. The van der Waals surface area contributed by atoms with E-state index in [-0.39, 0.29) is 26.5 Å². The molecule has 5 aromatic carbocycles. The summed E-state index contributed by atoms with van der Waals surface area (Å²) >= 11 is 3.48. The maximum Gasteiger partial charge on any atom is 0.534 e. The molecule has 4 heterocycles. The van der Waals surface area contributed by atoms with E-state index >= 15 is 0 Å². The van der Waals surface area contributed by atoms with E-state index in [4.69, 9.17) is 4.18 Å². The summed E-state index contributed by atoms with van der Waals surface area (Å²) in [5.74, 6) is -0.385. The monoisotopic (exact) mass is 798 g/mol. The second-order valence-electron chi connectivity index (χ2n) is 17.6. The topological polar surface area (TPSA) is 52.2 Å². The van der Waals surface area contributed by atoms with Crippen molar-refractivity contribution in [2.45, 2.75) is 84.1 Å². The molecular formula is C43H38BrF3N2O3S. The molecule has 272 valence electrons. The van der Waals surface area contributed by atoms with Crippen molar-refractivity contribution in [1.82, 2.24) is 8.80 Å². The van der Waals surface area contributed by atoms with Crippen LogP contribution in [0.1, 0.15) is 79.0 Å². The predicted molar refractivity (Wildman–Crippen MR) is 215 cm³/mol. The quantitative estimate of drug-likeness (QED) is 0.129. The molecule has 0 N–H and O–H groups in total. The minimum atomic E-state index is -5.98. The molecule has 0 aliphatic heterocycles. The molecule has 0 bridgehead atoms. The van der Waals surface area contributed by atoms with Crippen LogP contribution in [0.25, 0.3) is 76.2 Å². The van der Waals surface area contributed by atoms with Crippen LogP contribution < -0.4 is 4.18 Å². The van der Waals surface area contributed by atoms with Gasteiger partial charge < -0.3 is 13.0 Å². The van der Waals surface area contributed by atoms with Crippen molar-refractivity contribution in [2.75, 3.05) is 0 Å². The Balaban J connectivity index is 1.51. The standard InChI is InChI=1S/C43H38BrF3N2O3S/c1-40(2,3)21-10-12-30-24(16-21)25-18-23(42(7,8)9)19-27-34-32(48(30)37(25)27)14-15-33-35(34)28-20-29(44)39(52-53(50,51)43(45,46)47)36-26-17-22(41(4,5)6)11-13-31(26)49(33)38(28)36/h10-20H,1-9H3. The van der Waals surface area contributed by atoms with E-state index in [1.54, 1.807) is 6.07 Å². The van der Waals surface area contributed by atoms with Gasteiger partial charge in [0.15, 0.2) is 5.75 Å². The Morgan fingerprint density at radius 1 is 0.528 bits per heavy atom. The molecular weight excluding hydrogens is 761 g/mol. The third kappa shape index (κ3) is 4.63. The Kier molecular flexibility index (Phi) is 6.68. The van der Waals surface area contributed by atoms with E-state index in [2.05, 4.69) is 125 Å². The first-order chi connectivity index (χ1) is 24.5. The van der Waals surface area contributed by atoms with Crippen LogP contribution in [0.4, 0.5) is 13.2 Å². The van der Waals surface area contributed by atoms with Crippen LogP contribution in [0, 0.1) is 0 Å². The van der Waals surface area contributed by atoms with Crippen molar-refractivity contribution in [3.05, 3.63) is 87.9 Å². The first-order valence-corrected chi connectivity index (χ1v) is 19.8. The van der Waals surface area contributed by atoms with Gasteiger partial charge in [0.2, 0.25) is 0 Å². The van der Waals surface area contributed by atoms with Crippen molar-refractivity contribution >= 4 is 102 Å². The Morgan fingerprint density at radius 2 is 0.962 bits per heavy atom. The fourth-order valence-corrected chi connectivity index (χ4v) is 9.39. The van der Waals surface area contributed by atoms with Gasteiger partial charge in [0.25, 0.3) is 0 Å². The van der Waals surface area contributed by atoms with Gasteiger partial charge in [0, 0.05) is 37.7 Å². The molecule has 9 aromatic rings. The minimum Gasteiger partial charge on any atom is -0.374 e. The zero-order chi connectivity index (χ0) is 38.1. The fraction of sp³-hybridized carbons (Fsp3) is 0.302. The fourth-order valence-electron chi connectivity index (χ4n) is 8.29. The largest absolute Gasteiger partial charge is 0.534 e. The molecule has 0 saturated heterocycles. The number of aromatic nitrogens is 2. The first-order valence-electron chi connectivity index (χ1n) is 17.6. The molecule has 9 rings (SSSR count). The molecule has 0 saturated carbocycles. The van der Waals surface area contributed by atoms with Gasteiger partial charge in [0.1, 0.15) is 0 Å². The van der Waals surface area contributed by atoms with E-state index in [9.17, 15) is 21.6 Å². The van der Waals surface area contributed by atoms with Gasteiger partial charge in [-0.25, -0.2) is 0 Å². The average Bonchev–Trinajstić information content (AvgIpc) is 3.75. The van der Waals surface area contributed by atoms with Crippen LogP contribution in [0.3, 0.4) is 0 Å². The molecule has 0 unspecified atom stereocenters. The number of nitrogens with zero attached hydrogens (tertiary/aromatic N) is 2. The highest BCUT2D eigenvalue weighted by Gasteiger charge is 2.49. The van der Waals surface area contributed by atoms with E-state index in [0.29, 0.717) is 16.3 Å². The predicted octanol–water partition coefficient (Wildman–Crippen LogP) is 12.9. The number of alkyl halides is 3. The smallest absolute Gasteiger partial charge is 0.374 e. The summed E-state index contributed by atoms with van der Waals surface area (Å²) in [5, 5.41) is 7.11.